The lowest BCUT2D eigenvalue weighted by Gasteiger charge is -2.15. The number of hydrogen-bond acceptors (Lipinski definition) is 3. The molecule has 0 rings (SSSR count). The molecular formula is C10H22N2O2. The van der Waals surface area contributed by atoms with E-state index in [4.69, 9.17) is 4.74 Å². The number of carbonyl (C=O) groups excluding carboxylic acids is 1. The summed E-state index contributed by atoms with van der Waals surface area (Å²) in [6, 6.07) is 0. The summed E-state index contributed by atoms with van der Waals surface area (Å²) in [5, 5.41) is 2.79. The second-order valence-corrected chi connectivity index (χ2v) is 3.43. The van der Waals surface area contributed by atoms with E-state index in [0.717, 1.165) is 19.4 Å². The minimum absolute atomic E-state index is 0.0700. The van der Waals surface area contributed by atoms with Gasteiger partial charge in [0.2, 0.25) is 5.91 Å². The van der Waals surface area contributed by atoms with Crippen LogP contribution in [0.15, 0.2) is 0 Å². The molecule has 4 nitrogen and oxygen atoms in total. The molecule has 0 aliphatic rings. The molecule has 84 valence electrons. The Morgan fingerprint density at radius 1 is 1.50 bits per heavy atom. The van der Waals surface area contributed by atoms with Gasteiger partial charge in [-0.1, -0.05) is 13.3 Å². The Balaban J connectivity index is 3.40. The van der Waals surface area contributed by atoms with Crippen LogP contribution in [-0.4, -0.2) is 51.2 Å². The monoisotopic (exact) mass is 202 g/mol. The van der Waals surface area contributed by atoms with Gasteiger partial charge in [0.25, 0.3) is 0 Å². The van der Waals surface area contributed by atoms with Crippen LogP contribution in [0.2, 0.25) is 0 Å². The third-order valence-electron chi connectivity index (χ3n) is 1.94. The van der Waals surface area contributed by atoms with E-state index in [1.807, 2.05) is 11.9 Å². The highest BCUT2D eigenvalue weighted by atomic mass is 16.5. The van der Waals surface area contributed by atoms with Crippen molar-refractivity contribution in [2.75, 3.05) is 40.4 Å². The van der Waals surface area contributed by atoms with Gasteiger partial charge in [-0.15, -0.1) is 0 Å². The fourth-order valence-electron chi connectivity index (χ4n) is 1.10. The summed E-state index contributed by atoms with van der Waals surface area (Å²) in [6.45, 7) is 4.77. The molecule has 0 atom stereocenters. The second-order valence-electron chi connectivity index (χ2n) is 3.43. The zero-order chi connectivity index (χ0) is 10.8. The van der Waals surface area contributed by atoms with Crippen molar-refractivity contribution >= 4 is 5.91 Å². The maximum absolute atomic E-state index is 11.3. The molecule has 0 fully saturated rings. The predicted octanol–water partition coefficient (Wildman–Crippen LogP) is 0.481. The largest absolute Gasteiger partial charge is 0.383 e. The molecule has 0 aromatic heterocycles. The number of nitrogens with one attached hydrogen (secondary N) is 1. The van der Waals surface area contributed by atoms with Crippen molar-refractivity contribution in [2.45, 2.75) is 19.8 Å². The first-order valence-electron chi connectivity index (χ1n) is 5.14. The molecule has 0 aliphatic heterocycles. The molecular weight excluding hydrogens is 180 g/mol. The Morgan fingerprint density at radius 3 is 2.79 bits per heavy atom. The van der Waals surface area contributed by atoms with Crippen LogP contribution in [0.5, 0.6) is 0 Å². The molecule has 14 heavy (non-hydrogen) atoms. The molecule has 0 saturated heterocycles. The van der Waals surface area contributed by atoms with Gasteiger partial charge in [-0.2, -0.15) is 0 Å². The molecule has 0 spiro atoms. The summed E-state index contributed by atoms with van der Waals surface area (Å²) >= 11 is 0. The van der Waals surface area contributed by atoms with Crippen molar-refractivity contribution in [2.24, 2.45) is 0 Å². The van der Waals surface area contributed by atoms with E-state index in [1.165, 1.54) is 0 Å². The van der Waals surface area contributed by atoms with E-state index in [9.17, 15) is 4.79 Å². The first-order valence-corrected chi connectivity index (χ1v) is 5.14. The van der Waals surface area contributed by atoms with Crippen LogP contribution < -0.4 is 5.32 Å². The van der Waals surface area contributed by atoms with Gasteiger partial charge in [0.15, 0.2) is 0 Å². The molecule has 0 saturated carbocycles. The lowest BCUT2D eigenvalue weighted by atomic mass is 10.3. The average molecular weight is 202 g/mol. The van der Waals surface area contributed by atoms with Gasteiger partial charge in [-0.05, 0) is 20.0 Å². The third kappa shape index (κ3) is 8.01. The molecule has 1 amide bonds. The zero-order valence-corrected chi connectivity index (χ0v) is 9.51. The SMILES string of the molecule is CCCCN(C)CC(=O)NCCOC. The molecule has 0 aliphatic carbocycles. The van der Waals surface area contributed by atoms with E-state index in [1.54, 1.807) is 7.11 Å². The van der Waals surface area contributed by atoms with Crippen molar-refractivity contribution in [3.05, 3.63) is 0 Å². The fourth-order valence-corrected chi connectivity index (χ4v) is 1.10. The highest BCUT2D eigenvalue weighted by molar-refractivity contribution is 5.77. The minimum Gasteiger partial charge on any atom is -0.383 e. The Hall–Kier alpha value is -0.610. The van der Waals surface area contributed by atoms with Crippen molar-refractivity contribution in [3.63, 3.8) is 0 Å². The number of ether oxygens (including phenoxy) is 1. The number of rotatable bonds is 8. The maximum atomic E-state index is 11.3. The van der Waals surface area contributed by atoms with Crippen molar-refractivity contribution in [1.29, 1.82) is 0 Å². The van der Waals surface area contributed by atoms with Crippen LogP contribution in [0.3, 0.4) is 0 Å². The number of hydrogen-bond donors (Lipinski definition) is 1. The molecule has 0 unspecified atom stereocenters. The van der Waals surface area contributed by atoms with Crippen LogP contribution in [0.4, 0.5) is 0 Å². The third-order valence-corrected chi connectivity index (χ3v) is 1.94. The molecule has 4 heteroatoms. The highest BCUT2D eigenvalue weighted by Crippen LogP contribution is 1.90. The van der Waals surface area contributed by atoms with Crippen LogP contribution in [0.1, 0.15) is 19.8 Å². The highest BCUT2D eigenvalue weighted by Gasteiger charge is 2.04. The predicted molar refractivity (Wildman–Crippen MR) is 57.3 cm³/mol. The second kappa shape index (κ2) is 8.97. The quantitative estimate of drug-likeness (QED) is 0.582. The number of unbranched alkanes of at least 4 members (excludes halogenated alkanes) is 1. The maximum Gasteiger partial charge on any atom is 0.234 e. The van der Waals surface area contributed by atoms with E-state index in [2.05, 4.69) is 12.2 Å². The Morgan fingerprint density at radius 2 is 2.21 bits per heavy atom. The first-order chi connectivity index (χ1) is 6.70. The molecule has 1 N–H and O–H groups in total. The Bertz CT molecular complexity index is 151. The standard InChI is InChI=1S/C10H22N2O2/c1-4-5-7-12(2)9-10(13)11-6-8-14-3/h4-9H2,1-3H3,(H,11,13). The lowest BCUT2D eigenvalue weighted by molar-refractivity contribution is -0.122. The van der Waals surface area contributed by atoms with E-state index in [-0.39, 0.29) is 5.91 Å². The first kappa shape index (κ1) is 13.4. The topological polar surface area (TPSA) is 41.6 Å². The molecule has 0 aromatic rings. The fraction of sp³-hybridized carbons (Fsp3) is 0.900. The molecule has 0 bridgehead atoms. The summed E-state index contributed by atoms with van der Waals surface area (Å²) in [5.74, 6) is 0.0700. The Kier molecular flexibility index (Phi) is 8.57. The van der Waals surface area contributed by atoms with Crippen molar-refractivity contribution in [1.82, 2.24) is 10.2 Å². The van der Waals surface area contributed by atoms with Gasteiger partial charge in [-0.3, -0.25) is 9.69 Å². The number of carbonyl (C=O) groups is 1. The number of likely N-dealkylation sites (N-methyl/N-ethyl adjacent to an activating group) is 1. The van der Waals surface area contributed by atoms with E-state index < -0.39 is 0 Å². The number of amides is 1. The molecule has 0 heterocycles. The van der Waals surface area contributed by atoms with Crippen LogP contribution >= 0.6 is 0 Å². The average Bonchev–Trinajstić information content (AvgIpc) is 2.15. The normalized spacial score (nSPS) is 10.6. The summed E-state index contributed by atoms with van der Waals surface area (Å²) in [5.41, 5.74) is 0. The van der Waals surface area contributed by atoms with Crippen LogP contribution in [-0.2, 0) is 9.53 Å². The lowest BCUT2D eigenvalue weighted by Crippen LogP contribution is -2.36. The minimum atomic E-state index is 0.0700. The van der Waals surface area contributed by atoms with E-state index in [0.29, 0.717) is 19.7 Å². The van der Waals surface area contributed by atoms with Gasteiger partial charge in [0.05, 0.1) is 13.2 Å². The van der Waals surface area contributed by atoms with Gasteiger partial charge >= 0.3 is 0 Å². The summed E-state index contributed by atoms with van der Waals surface area (Å²) in [7, 11) is 3.59. The van der Waals surface area contributed by atoms with Gasteiger partial charge in [-0.25, -0.2) is 0 Å². The smallest absolute Gasteiger partial charge is 0.234 e. The van der Waals surface area contributed by atoms with Crippen LogP contribution in [0, 0.1) is 0 Å². The van der Waals surface area contributed by atoms with Crippen molar-refractivity contribution in [3.8, 4) is 0 Å². The molecule has 0 aromatic carbocycles. The van der Waals surface area contributed by atoms with E-state index >= 15 is 0 Å². The Labute approximate surface area is 86.6 Å². The van der Waals surface area contributed by atoms with Gasteiger partial charge < -0.3 is 10.1 Å². The van der Waals surface area contributed by atoms with Crippen LogP contribution in [0.25, 0.3) is 0 Å². The van der Waals surface area contributed by atoms with Crippen molar-refractivity contribution < 1.29 is 9.53 Å². The molecule has 0 radical (unpaired) electrons. The van der Waals surface area contributed by atoms with Gasteiger partial charge in [0, 0.05) is 13.7 Å². The zero-order valence-electron chi connectivity index (χ0n) is 9.51. The summed E-state index contributed by atoms with van der Waals surface area (Å²) in [4.78, 5) is 13.3. The summed E-state index contributed by atoms with van der Waals surface area (Å²) < 4.78 is 4.83. The van der Waals surface area contributed by atoms with Gasteiger partial charge in [0.1, 0.15) is 0 Å². The number of methoxy groups -OCH3 is 1. The number of nitrogens with zero attached hydrogens (tertiary/aromatic N) is 1. The summed E-state index contributed by atoms with van der Waals surface area (Å²) in [6.07, 6.45) is 2.30.